The fourth-order valence-electron chi connectivity index (χ4n) is 4.18. The molecule has 0 bridgehead atoms. The average molecular weight is 535 g/mol. The lowest BCUT2D eigenvalue weighted by atomic mass is 9.94. The van der Waals surface area contributed by atoms with E-state index in [0.717, 1.165) is 11.6 Å². The predicted molar refractivity (Wildman–Crippen MR) is 136 cm³/mol. The smallest absolute Gasteiger partial charge is 0.346 e. The van der Waals surface area contributed by atoms with Gasteiger partial charge in [0.05, 0.1) is 17.6 Å². The van der Waals surface area contributed by atoms with Crippen LogP contribution in [0.1, 0.15) is 45.3 Å². The number of halogens is 1. The number of benzene rings is 2. The minimum atomic E-state index is -1.34. The fourth-order valence-corrected chi connectivity index (χ4v) is 4.18. The first-order chi connectivity index (χ1) is 18.7. The molecule has 0 aliphatic carbocycles. The number of cyclic esters (lactones) is 2. The minimum Gasteiger partial charge on any atom is -0.463 e. The third kappa shape index (κ3) is 6.84. The third-order valence-corrected chi connectivity index (χ3v) is 6.18. The molecule has 0 radical (unpaired) electrons. The zero-order valence-electron chi connectivity index (χ0n) is 21.4. The quantitative estimate of drug-likeness (QED) is 0.477. The highest BCUT2D eigenvalue weighted by molar-refractivity contribution is 5.99. The van der Waals surface area contributed by atoms with Crippen LogP contribution in [-0.2, 0) is 25.5 Å². The average Bonchev–Trinajstić information content (AvgIpc) is 2.95. The molecule has 1 aliphatic rings. The number of aryl methyl sites for hydroxylation is 1. The van der Waals surface area contributed by atoms with Crippen molar-refractivity contribution >= 4 is 23.8 Å². The van der Waals surface area contributed by atoms with Crippen molar-refractivity contribution in [1.29, 1.82) is 0 Å². The molecule has 1 aliphatic heterocycles. The zero-order chi connectivity index (χ0) is 27.9. The summed E-state index contributed by atoms with van der Waals surface area (Å²) in [5, 5.41) is 2.46. The molecular weight excluding hydrogens is 507 g/mol. The molecular formula is C29H27FN2O7. The summed E-state index contributed by atoms with van der Waals surface area (Å²) >= 11 is 0. The second-order valence-corrected chi connectivity index (χ2v) is 9.20. The van der Waals surface area contributed by atoms with Crippen LogP contribution in [0.15, 0.2) is 66.9 Å². The molecule has 202 valence electrons. The molecule has 2 heterocycles. The number of amides is 1. The van der Waals surface area contributed by atoms with Gasteiger partial charge < -0.3 is 19.5 Å². The predicted octanol–water partition coefficient (Wildman–Crippen LogP) is 3.58. The van der Waals surface area contributed by atoms with E-state index in [-0.39, 0.29) is 23.4 Å². The van der Waals surface area contributed by atoms with E-state index in [2.05, 4.69) is 10.3 Å². The number of hydrogen-bond acceptors (Lipinski definition) is 8. The van der Waals surface area contributed by atoms with Crippen LogP contribution in [0.5, 0.6) is 5.75 Å². The van der Waals surface area contributed by atoms with Crippen molar-refractivity contribution in [2.45, 2.75) is 38.8 Å². The Bertz CT molecular complexity index is 1380. The van der Waals surface area contributed by atoms with Crippen molar-refractivity contribution in [1.82, 2.24) is 10.3 Å². The Kier molecular flexibility index (Phi) is 8.65. The number of rotatable bonds is 6. The van der Waals surface area contributed by atoms with E-state index in [1.807, 2.05) is 30.3 Å². The maximum absolute atomic E-state index is 14.1. The van der Waals surface area contributed by atoms with Crippen LogP contribution in [0.2, 0.25) is 0 Å². The Morgan fingerprint density at radius 1 is 1.05 bits per heavy atom. The van der Waals surface area contributed by atoms with E-state index in [4.69, 9.17) is 14.2 Å². The lowest BCUT2D eigenvalue weighted by molar-refractivity contribution is -0.152. The Morgan fingerprint density at radius 2 is 1.77 bits per heavy atom. The van der Waals surface area contributed by atoms with Crippen molar-refractivity contribution in [3.8, 4) is 5.75 Å². The van der Waals surface area contributed by atoms with Gasteiger partial charge in [0.15, 0.2) is 17.5 Å². The Labute approximate surface area is 224 Å². The van der Waals surface area contributed by atoms with E-state index in [1.165, 1.54) is 30.5 Å². The van der Waals surface area contributed by atoms with Gasteiger partial charge in [0, 0.05) is 6.20 Å². The number of ether oxygens (including phenoxy) is 3. The van der Waals surface area contributed by atoms with Crippen LogP contribution in [-0.4, -0.2) is 47.6 Å². The van der Waals surface area contributed by atoms with E-state index >= 15 is 0 Å². The number of nitrogens with one attached hydrogen (secondary N) is 1. The summed E-state index contributed by atoms with van der Waals surface area (Å²) in [6.45, 7) is 2.78. The fraction of sp³-hybridized carbons (Fsp3) is 0.276. The number of esters is 3. The summed E-state index contributed by atoms with van der Waals surface area (Å²) in [6, 6.07) is 14.8. The Morgan fingerprint density at radius 3 is 2.51 bits per heavy atom. The summed E-state index contributed by atoms with van der Waals surface area (Å²) in [7, 11) is 0. The second kappa shape index (κ2) is 12.3. The molecule has 39 heavy (non-hydrogen) atoms. The molecule has 4 rings (SSSR count). The standard InChI is InChI=1S/C29H27FN2O7/c1-17-12-13-31-24(25(17)39-28(35)21-10-6-7-11-22(21)30)26(33)32-23-16-37-27(34)20(14-18(2)38-29(23)36)15-19-8-4-3-5-9-19/h3-13,18,20,23H,14-16H2,1-2H3,(H,32,33)/t18-,20?,23-/m0/s1. The van der Waals surface area contributed by atoms with Gasteiger partial charge in [-0.25, -0.2) is 19.0 Å². The first-order valence-electron chi connectivity index (χ1n) is 12.4. The van der Waals surface area contributed by atoms with Crippen molar-refractivity contribution < 1.29 is 37.8 Å². The molecule has 3 atom stereocenters. The maximum atomic E-state index is 14.1. The molecule has 0 spiro atoms. The van der Waals surface area contributed by atoms with Gasteiger partial charge in [0.25, 0.3) is 5.91 Å². The van der Waals surface area contributed by atoms with Gasteiger partial charge >= 0.3 is 17.9 Å². The number of carbonyl (C=O) groups excluding carboxylic acids is 4. The molecule has 1 N–H and O–H groups in total. The van der Waals surface area contributed by atoms with Crippen molar-refractivity contribution in [2.75, 3.05) is 6.61 Å². The van der Waals surface area contributed by atoms with Gasteiger partial charge in [-0.15, -0.1) is 0 Å². The summed E-state index contributed by atoms with van der Waals surface area (Å²) in [5.74, 6) is -4.74. The van der Waals surface area contributed by atoms with Crippen LogP contribution in [0.3, 0.4) is 0 Å². The van der Waals surface area contributed by atoms with Gasteiger partial charge in [-0.3, -0.25) is 9.59 Å². The van der Waals surface area contributed by atoms with Crippen molar-refractivity contribution in [3.05, 3.63) is 95.1 Å². The largest absolute Gasteiger partial charge is 0.463 e. The molecule has 2 aromatic carbocycles. The van der Waals surface area contributed by atoms with Crippen LogP contribution in [0.25, 0.3) is 0 Å². The molecule has 1 fully saturated rings. The van der Waals surface area contributed by atoms with E-state index in [0.29, 0.717) is 12.0 Å². The van der Waals surface area contributed by atoms with Crippen LogP contribution < -0.4 is 10.1 Å². The molecule has 1 unspecified atom stereocenters. The van der Waals surface area contributed by atoms with E-state index in [9.17, 15) is 23.6 Å². The van der Waals surface area contributed by atoms with Crippen molar-refractivity contribution in [2.24, 2.45) is 5.92 Å². The van der Waals surface area contributed by atoms with Gasteiger partial charge in [-0.05, 0) is 56.0 Å². The molecule has 3 aromatic rings. The Balaban J connectivity index is 1.50. The van der Waals surface area contributed by atoms with Crippen LogP contribution >= 0.6 is 0 Å². The topological polar surface area (TPSA) is 121 Å². The minimum absolute atomic E-state index is 0.201. The second-order valence-electron chi connectivity index (χ2n) is 9.20. The lowest BCUT2D eigenvalue weighted by Gasteiger charge is -2.19. The highest BCUT2D eigenvalue weighted by atomic mass is 19.1. The summed E-state index contributed by atoms with van der Waals surface area (Å²) in [5.41, 5.74) is 0.678. The van der Waals surface area contributed by atoms with Gasteiger partial charge in [-0.1, -0.05) is 42.5 Å². The first kappa shape index (κ1) is 27.4. The molecule has 1 aromatic heterocycles. The number of nitrogens with zero attached hydrogens (tertiary/aromatic N) is 1. The van der Waals surface area contributed by atoms with Crippen LogP contribution in [0, 0.1) is 18.7 Å². The SMILES string of the molecule is Cc1ccnc(C(=O)N[C@H]2COC(=O)C(Cc3ccccc3)C[C@H](C)OC2=O)c1OC(=O)c1ccccc1F. The van der Waals surface area contributed by atoms with Gasteiger partial charge in [0.1, 0.15) is 12.4 Å². The van der Waals surface area contributed by atoms with Crippen molar-refractivity contribution in [3.63, 3.8) is 0 Å². The summed E-state index contributed by atoms with van der Waals surface area (Å²) in [6.07, 6.45) is 1.35. The molecule has 9 nitrogen and oxygen atoms in total. The molecule has 0 saturated carbocycles. The van der Waals surface area contributed by atoms with Gasteiger partial charge in [-0.2, -0.15) is 0 Å². The first-order valence-corrected chi connectivity index (χ1v) is 12.4. The Hall–Kier alpha value is -4.60. The summed E-state index contributed by atoms with van der Waals surface area (Å²) in [4.78, 5) is 55.5. The lowest BCUT2D eigenvalue weighted by Crippen LogP contribution is -2.46. The highest BCUT2D eigenvalue weighted by Gasteiger charge is 2.33. The number of hydrogen-bond donors (Lipinski definition) is 1. The normalized spacial score (nSPS) is 19.5. The van der Waals surface area contributed by atoms with E-state index < -0.39 is 54.3 Å². The van der Waals surface area contributed by atoms with Gasteiger partial charge in [0.2, 0.25) is 0 Å². The highest BCUT2D eigenvalue weighted by Crippen LogP contribution is 2.24. The molecule has 1 saturated heterocycles. The zero-order valence-corrected chi connectivity index (χ0v) is 21.4. The monoisotopic (exact) mass is 534 g/mol. The number of carbonyl (C=O) groups is 4. The molecule has 10 heteroatoms. The summed E-state index contributed by atoms with van der Waals surface area (Å²) < 4.78 is 30.3. The van der Waals surface area contributed by atoms with E-state index in [1.54, 1.807) is 13.8 Å². The molecule has 1 amide bonds. The maximum Gasteiger partial charge on any atom is 0.346 e. The number of pyridine rings is 1. The third-order valence-electron chi connectivity index (χ3n) is 6.18. The van der Waals surface area contributed by atoms with Crippen LogP contribution in [0.4, 0.5) is 4.39 Å². The number of aromatic nitrogens is 1.